The predicted molar refractivity (Wildman–Crippen MR) is 206 cm³/mol. The van der Waals surface area contributed by atoms with Gasteiger partial charge in [-0.3, -0.25) is 9.59 Å². The molecule has 0 radical (unpaired) electrons. The Kier molecular flexibility index (Phi) is 10.8. The van der Waals surface area contributed by atoms with E-state index in [-0.39, 0.29) is 36.4 Å². The molecule has 14 heteroatoms. The number of likely N-dealkylation sites (tertiary alicyclic amines) is 2. The highest BCUT2D eigenvalue weighted by atomic mass is 16.6. The fourth-order valence-corrected chi connectivity index (χ4v) is 7.57. The summed E-state index contributed by atoms with van der Waals surface area (Å²) in [6.07, 6.45) is 5.61. The third-order valence-electron chi connectivity index (χ3n) is 10.5. The first-order valence-corrected chi connectivity index (χ1v) is 18.7. The van der Waals surface area contributed by atoms with E-state index in [2.05, 4.69) is 91.2 Å². The number of imidazole rings is 2. The molecule has 4 heterocycles. The molecule has 55 heavy (non-hydrogen) atoms. The van der Waals surface area contributed by atoms with Crippen LogP contribution in [-0.2, 0) is 19.1 Å². The maximum atomic E-state index is 13.5. The normalized spacial score (nSPS) is 17.4. The van der Waals surface area contributed by atoms with Crippen molar-refractivity contribution in [2.75, 3.05) is 33.9 Å². The standard InChI is InChI=1S/C41H46N8O6/c1-24(2)36(47-41(53)54-4)39(51)49-18-6-8-34(49)38-43-21-31(45-38)26-11-9-25(10-12-26)27-13-14-29-20-30(16-15-28(29)19-27)32-22-44-37(46-32)33-7-5-17-48(33)35(50)23-55-40(52)42-3/h9-16,19-22,24,33-34,36H,5-8,17-18,23H2,1-4H3,(H,42,52)(H,43,45)(H,44,46)(H,47,53). The second kappa shape index (κ2) is 16.0. The molecule has 0 aliphatic carbocycles. The maximum absolute atomic E-state index is 13.5. The fraction of sp³-hybridized carbons (Fsp3) is 0.366. The minimum atomic E-state index is -0.685. The van der Waals surface area contributed by atoms with Crippen LogP contribution in [0.4, 0.5) is 9.59 Å². The van der Waals surface area contributed by atoms with Crippen molar-refractivity contribution < 1.29 is 28.7 Å². The molecule has 2 aliphatic heterocycles. The summed E-state index contributed by atoms with van der Waals surface area (Å²) in [5, 5.41) is 7.24. The Balaban J connectivity index is 1.02. The summed E-state index contributed by atoms with van der Waals surface area (Å²) in [6, 6.07) is 19.9. The summed E-state index contributed by atoms with van der Waals surface area (Å²) in [4.78, 5) is 69.4. The molecule has 2 aliphatic rings. The molecular formula is C41H46N8O6. The number of fused-ring (bicyclic) bond motifs is 1. The second-order valence-corrected chi connectivity index (χ2v) is 14.3. The number of carbonyl (C=O) groups excluding carboxylic acids is 4. The van der Waals surface area contributed by atoms with Gasteiger partial charge < -0.3 is 39.9 Å². The van der Waals surface area contributed by atoms with Gasteiger partial charge in [0.1, 0.15) is 17.7 Å². The molecule has 2 aromatic heterocycles. The minimum absolute atomic E-state index is 0.103. The second-order valence-electron chi connectivity index (χ2n) is 14.3. The van der Waals surface area contributed by atoms with Gasteiger partial charge in [0.2, 0.25) is 5.91 Å². The SMILES string of the molecule is CNC(=O)OCC(=O)N1CCCC1c1ncc(-c2ccc3cc(-c4ccc(-c5cnc(C6CCCN6C(=O)C(NC(=O)OC)C(C)C)[nH]5)cc4)ccc3c2)[nH]1. The molecule has 4 amide bonds. The molecule has 5 aromatic rings. The van der Waals surface area contributed by atoms with E-state index in [0.717, 1.165) is 75.9 Å². The van der Waals surface area contributed by atoms with Gasteiger partial charge in [-0.2, -0.15) is 0 Å². The van der Waals surface area contributed by atoms with Crippen molar-refractivity contribution in [3.05, 3.63) is 84.7 Å². The van der Waals surface area contributed by atoms with Crippen LogP contribution < -0.4 is 10.6 Å². The summed E-state index contributed by atoms with van der Waals surface area (Å²) in [6.45, 7) is 4.68. The Bertz CT molecular complexity index is 2190. The van der Waals surface area contributed by atoms with E-state index < -0.39 is 18.2 Å². The van der Waals surface area contributed by atoms with Crippen LogP contribution >= 0.6 is 0 Å². The highest BCUT2D eigenvalue weighted by molar-refractivity contribution is 5.91. The first-order valence-electron chi connectivity index (χ1n) is 18.7. The summed E-state index contributed by atoms with van der Waals surface area (Å²) in [5.41, 5.74) is 5.87. The lowest BCUT2D eigenvalue weighted by atomic mass is 9.98. The number of H-pyrrole nitrogens is 2. The number of nitrogens with one attached hydrogen (secondary N) is 4. The van der Waals surface area contributed by atoms with E-state index in [0.29, 0.717) is 18.9 Å². The van der Waals surface area contributed by atoms with Gasteiger partial charge in [0.25, 0.3) is 5.91 Å². The number of hydrogen-bond acceptors (Lipinski definition) is 8. The Morgan fingerprint density at radius 3 is 1.93 bits per heavy atom. The van der Waals surface area contributed by atoms with Gasteiger partial charge in [-0.15, -0.1) is 0 Å². The van der Waals surface area contributed by atoms with E-state index in [1.807, 2.05) is 24.9 Å². The van der Waals surface area contributed by atoms with E-state index in [1.54, 1.807) is 11.1 Å². The van der Waals surface area contributed by atoms with Gasteiger partial charge in [-0.1, -0.05) is 62.4 Å². The lowest BCUT2D eigenvalue weighted by Crippen LogP contribution is -2.51. The molecule has 14 nitrogen and oxygen atoms in total. The van der Waals surface area contributed by atoms with Crippen molar-refractivity contribution >= 4 is 34.8 Å². The number of nitrogens with zero attached hydrogens (tertiary/aromatic N) is 4. The number of benzene rings is 3. The van der Waals surface area contributed by atoms with Crippen LogP contribution in [0.2, 0.25) is 0 Å². The van der Waals surface area contributed by atoms with E-state index in [9.17, 15) is 19.2 Å². The number of carbonyl (C=O) groups is 4. The van der Waals surface area contributed by atoms with E-state index in [4.69, 9.17) is 9.47 Å². The molecule has 4 N–H and O–H groups in total. The molecule has 286 valence electrons. The van der Waals surface area contributed by atoms with Gasteiger partial charge in [0.15, 0.2) is 6.61 Å². The molecule has 0 spiro atoms. The molecule has 0 saturated carbocycles. The molecule has 0 bridgehead atoms. The van der Waals surface area contributed by atoms with Crippen LogP contribution in [0.15, 0.2) is 73.1 Å². The number of ether oxygens (including phenoxy) is 2. The number of amides is 4. The monoisotopic (exact) mass is 746 g/mol. The van der Waals surface area contributed by atoms with E-state index >= 15 is 0 Å². The smallest absolute Gasteiger partial charge is 0.407 e. The Morgan fingerprint density at radius 2 is 1.31 bits per heavy atom. The van der Waals surface area contributed by atoms with Crippen molar-refractivity contribution in [1.82, 2.24) is 40.4 Å². The predicted octanol–water partition coefficient (Wildman–Crippen LogP) is 6.35. The van der Waals surface area contributed by atoms with Crippen LogP contribution in [-0.4, -0.2) is 93.6 Å². The number of aromatic nitrogens is 4. The molecular weight excluding hydrogens is 701 g/mol. The van der Waals surface area contributed by atoms with Crippen molar-refractivity contribution in [2.45, 2.75) is 57.7 Å². The molecule has 3 atom stereocenters. The van der Waals surface area contributed by atoms with Gasteiger partial charge in [-0.25, -0.2) is 19.6 Å². The Labute approximate surface area is 319 Å². The molecule has 2 fully saturated rings. The third-order valence-corrected chi connectivity index (χ3v) is 10.5. The van der Waals surface area contributed by atoms with Gasteiger partial charge >= 0.3 is 12.2 Å². The fourth-order valence-electron chi connectivity index (χ4n) is 7.57. The Morgan fingerprint density at radius 1 is 0.764 bits per heavy atom. The number of rotatable bonds is 10. The van der Waals surface area contributed by atoms with Gasteiger partial charge in [0, 0.05) is 25.7 Å². The highest BCUT2D eigenvalue weighted by Crippen LogP contribution is 2.35. The molecule has 3 unspecified atom stereocenters. The average molecular weight is 747 g/mol. The lowest BCUT2D eigenvalue weighted by molar-refractivity contribution is -0.136. The highest BCUT2D eigenvalue weighted by Gasteiger charge is 2.37. The van der Waals surface area contributed by atoms with E-state index in [1.165, 1.54) is 14.2 Å². The summed E-state index contributed by atoms with van der Waals surface area (Å²) in [7, 11) is 2.74. The number of aromatic amines is 2. The van der Waals surface area contributed by atoms with Gasteiger partial charge in [-0.05, 0) is 71.2 Å². The third kappa shape index (κ3) is 7.89. The topological polar surface area (TPSA) is 175 Å². The molecule has 7 rings (SSSR count). The van der Waals surface area contributed by atoms with Crippen molar-refractivity contribution in [3.63, 3.8) is 0 Å². The quantitative estimate of drug-likeness (QED) is 0.128. The zero-order chi connectivity index (χ0) is 38.6. The van der Waals surface area contributed by atoms with Crippen molar-refractivity contribution in [3.8, 4) is 33.6 Å². The van der Waals surface area contributed by atoms with Crippen LogP contribution in [0.5, 0.6) is 0 Å². The minimum Gasteiger partial charge on any atom is -0.453 e. The largest absolute Gasteiger partial charge is 0.453 e. The van der Waals surface area contributed by atoms with Crippen LogP contribution in [0, 0.1) is 5.92 Å². The molecule has 2 saturated heterocycles. The van der Waals surface area contributed by atoms with Crippen LogP contribution in [0.3, 0.4) is 0 Å². The van der Waals surface area contributed by atoms with Crippen LogP contribution in [0.1, 0.15) is 63.3 Å². The lowest BCUT2D eigenvalue weighted by Gasteiger charge is -2.30. The number of hydrogen-bond donors (Lipinski definition) is 4. The van der Waals surface area contributed by atoms with Crippen molar-refractivity contribution in [1.29, 1.82) is 0 Å². The zero-order valence-corrected chi connectivity index (χ0v) is 31.4. The Hall–Kier alpha value is -6.18. The summed E-state index contributed by atoms with van der Waals surface area (Å²) in [5.74, 6) is 0.956. The average Bonchev–Trinajstić information content (AvgIpc) is 4.05. The maximum Gasteiger partial charge on any atom is 0.407 e. The summed E-state index contributed by atoms with van der Waals surface area (Å²) < 4.78 is 9.73. The van der Waals surface area contributed by atoms with Crippen LogP contribution in [0.25, 0.3) is 44.4 Å². The first kappa shape index (κ1) is 37.1. The van der Waals surface area contributed by atoms with Crippen molar-refractivity contribution in [2.24, 2.45) is 5.92 Å². The molecule has 3 aromatic carbocycles. The van der Waals surface area contributed by atoms with Gasteiger partial charge in [0.05, 0.1) is 43.0 Å². The zero-order valence-electron chi connectivity index (χ0n) is 31.4. The number of alkyl carbamates (subject to hydrolysis) is 2. The summed E-state index contributed by atoms with van der Waals surface area (Å²) >= 11 is 0. The number of methoxy groups -OCH3 is 1. The first-order chi connectivity index (χ1) is 26.6.